The Labute approximate surface area is 108 Å². The van der Waals surface area contributed by atoms with Crippen LogP contribution in [-0.2, 0) is 0 Å². The second-order valence-corrected chi connectivity index (χ2v) is 5.41. The number of ketones is 2. The van der Waals surface area contributed by atoms with Crippen molar-refractivity contribution in [2.45, 2.75) is 34.1 Å². The first-order valence-corrected chi connectivity index (χ1v) is 6.31. The molecule has 2 nitrogen and oxygen atoms in total. The van der Waals surface area contributed by atoms with E-state index >= 15 is 0 Å². The van der Waals surface area contributed by atoms with Crippen LogP contribution in [0, 0.1) is 12.8 Å². The largest absolute Gasteiger partial charge is 0.289 e. The Hall–Kier alpha value is -1.70. The molecule has 0 unspecified atom stereocenters. The third-order valence-corrected chi connectivity index (χ3v) is 3.34. The molecule has 0 amide bonds. The maximum absolute atomic E-state index is 12.5. The molecule has 1 aromatic carbocycles. The molecule has 18 heavy (non-hydrogen) atoms. The quantitative estimate of drug-likeness (QED) is 0.791. The lowest BCUT2D eigenvalue weighted by atomic mass is 9.81. The average molecular weight is 242 g/mol. The van der Waals surface area contributed by atoms with Gasteiger partial charge in [0.1, 0.15) is 0 Å². The number of benzene rings is 1. The van der Waals surface area contributed by atoms with Crippen molar-refractivity contribution in [3.8, 4) is 0 Å². The topological polar surface area (TPSA) is 34.1 Å². The zero-order valence-corrected chi connectivity index (χ0v) is 11.3. The van der Waals surface area contributed by atoms with E-state index < -0.39 is 0 Å². The van der Waals surface area contributed by atoms with E-state index in [0.29, 0.717) is 34.6 Å². The highest BCUT2D eigenvalue weighted by atomic mass is 16.1. The van der Waals surface area contributed by atoms with Crippen molar-refractivity contribution in [2.24, 2.45) is 5.92 Å². The van der Waals surface area contributed by atoms with E-state index in [1.54, 1.807) is 13.0 Å². The van der Waals surface area contributed by atoms with Gasteiger partial charge in [0.15, 0.2) is 11.6 Å². The summed E-state index contributed by atoms with van der Waals surface area (Å²) in [6.07, 6.45) is 0.670. The van der Waals surface area contributed by atoms with Crippen LogP contribution >= 0.6 is 0 Å². The van der Waals surface area contributed by atoms with Gasteiger partial charge < -0.3 is 0 Å². The van der Waals surface area contributed by atoms with Crippen LogP contribution in [0.25, 0.3) is 0 Å². The Bertz CT molecular complexity index is 562. The number of hydrogen-bond acceptors (Lipinski definition) is 2. The minimum Gasteiger partial charge on any atom is -0.289 e. The Morgan fingerprint density at radius 3 is 2.28 bits per heavy atom. The average Bonchev–Trinajstić information content (AvgIpc) is 2.31. The van der Waals surface area contributed by atoms with E-state index in [-0.39, 0.29) is 11.6 Å². The molecular formula is C16H18O2. The fraction of sp³-hybridized carbons (Fsp3) is 0.375. The molecule has 0 heterocycles. The number of carbonyl (C=O) groups excluding carboxylic acids is 2. The SMILES string of the molecule is CC1=C(CC(C)C)C(=O)c2cc(C)ccc2C1=O. The fourth-order valence-electron chi connectivity index (χ4n) is 2.37. The second kappa shape index (κ2) is 4.52. The van der Waals surface area contributed by atoms with E-state index in [1.165, 1.54) is 0 Å². The molecule has 94 valence electrons. The molecule has 1 aliphatic rings. The second-order valence-electron chi connectivity index (χ2n) is 5.41. The van der Waals surface area contributed by atoms with Gasteiger partial charge in [0.2, 0.25) is 0 Å². The molecular weight excluding hydrogens is 224 g/mol. The lowest BCUT2D eigenvalue weighted by molar-refractivity contribution is 0.0970. The highest BCUT2D eigenvalue weighted by Gasteiger charge is 2.29. The number of Topliss-reactive ketones (excluding diaryl/α,β-unsaturated/α-hetero) is 2. The monoisotopic (exact) mass is 242 g/mol. The van der Waals surface area contributed by atoms with Gasteiger partial charge in [-0.2, -0.15) is 0 Å². The van der Waals surface area contributed by atoms with Crippen LogP contribution in [0.15, 0.2) is 29.3 Å². The van der Waals surface area contributed by atoms with Crippen LogP contribution in [0.2, 0.25) is 0 Å². The molecule has 0 saturated carbocycles. The molecule has 0 aromatic heterocycles. The van der Waals surface area contributed by atoms with E-state index in [0.717, 1.165) is 5.56 Å². The summed E-state index contributed by atoms with van der Waals surface area (Å²) in [4.78, 5) is 24.7. The van der Waals surface area contributed by atoms with Crippen molar-refractivity contribution in [3.63, 3.8) is 0 Å². The van der Waals surface area contributed by atoms with Crippen molar-refractivity contribution >= 4 is 11.6 Å². The number of fused-ring (bicyclic) bond motifs is 1. The van der Waals surface area contributed by atoms with Gasteiger partial charge in [-0.25, -0.2) is 0 Å². The molecule has 0 N–H and O–H groups in total. The Balaban J connectivity index is 2.57. The van der Waals surface area contributed by atoms with Gasteiger partial charge in [-0.1, -0.05) is 31.5 Å². The summed E-state index contributed by atoms with van der Waals surface area (Å²) in [6.45, 7) is 7.82. The summed E-state index contributed by atoms with van der Waals surface area (Å²) in [5.74, 6) is 0.401. The standard InChI is InChI=1S/C16H18O2/c1-9(2)7-13-11(4)15(17)12-6-5-10(3)8-14(12)16(13)18/h5-6,8-9H,7H2,1-4H3. The minimum absolute atomic E-state index is 0.000231. The van der Waals surface area contributed by atoms with Crippen molar-refractivity contribution in [1.29, 1.82) is 0 Å². The fourth-order valence-corrected chi connectivity index (χ4v) is 2.37. The van der Waals surface area contributed by atoms with Crippen molar-refractivity contribution in [3.05, 3.63) is 46.0 Å². The van der Waals surface area contributed by atoms with E-state index in [9.17, 15) is 9.59 Å². The third kappa shape index (κ3) is 2.03. The third-order valence-electron chi connectivity index (χ3n) is 3.34. The summed E-state index contributed by atoms with van der Waals surface area (Å²) in [7, 11) is 0. The van der Waals surface area contributed by atoms with Gasteiger partial charge in [0.25, 0.3) is 0 Å². The Morgan fingerprint density at radius 1 is 1.00 bits per heavy atom. The number of carbonyl (C=O) groups is 2. The molecule has 0 aliphatic heterocycles. The zero-order valence-electron chi connectivity index (χ0n) is 11.3. The molecule has 2 rings (SSSR count). The summed E-state index contributed by atoms with van der Waals surface area (Å²) >= 11 is 0. The predicted octanol–water partition coefficient (Wildman–Crippen LogP) is 3.74. The highest BCUT2D eigenvalue weighted by molar-refractivity contribution is 6.26. The van der Waals surface area contributed by atoms with Crippen LogP contribution in [0.4, 0.5) is 0 Å². The van der Waals surface area contributed by atoms with Crippen molar-refractivity contribution in [2.75, 3.05) is 0 Å². The number of aryl methyl sites for hydroxylation is 1. The van der Waals surface area contributed by atoms with Crippen LogP contribution < -0.4 is 0 Å². The van der Waals surface area contributed by atoms with Crippen molar-refractivity contribution in [1.82, 2.24) is 0 Å². The van der Waals surface area contributed by atoms with E-state index in [2.05, 4.69) is 13.8 Å². The highest BCUT2D eigenvalue weighted by Crippen LogP contribution is 2.30. The summed E-state index contributed by atoms with van der Waals surface area (Å²) in [5.41, 5.74) is 3.44. The number of rotatable bonds is 2. The predicted molar refractivity (Wildman–Crippen MR) is 72.0 cm³/mol. The molecule has 1 aromatic rings. The lowest BCUT2D eigenvalue weighted by Gasteiger charge is -2.20. The summed E-state index contributed by atoms with van der Waals surface area (Å²) < 4.78 is 0. The first kappa shape index (κ1) is 12.7. The smallest absolute Gasteiger partial charge is 0.190 e. The first-order valence-electron chi connectivity index (χ1n) is 6.31. The zero-order chi connectivity index (χ0) is 13.4. The minimum atomic E-state index is 0.000231. The van der Waals surface area contributed by atoms with Gasteiger partial charge in [0, 0.05) is 22.3 Å². The molecule has 0 bridgehead atoms. The van der Waals surface area contributed by atoms with Gasteiger partial charge in [0.05, 0.1) is 0 Å². The van der Waals surface area contributed by atoms with Gasteiger partial charge in [-0.3, -0.25) is 9.59 Å². The number of allylic oxidation sites excluding steroid dienone is 2. The normalized spacial score (nSPS) is 15.4. The Kier molecular flexibility index (Phi) is 3.20. The van der Waals surface area contributed by atoms with Crippen LogP contribution in [-0.4, -0.2) is 11.6 Å². The van der Waals surface area contributed by atoms with Crippen LogP contribution in [0.5, 0.6) is 0 Å². The molecule has 0 atom stereocenters. The summed E-state index contributed by atoms with van der Waals surface area (Å²) in [5, 5.41) is 0. The maximum Gasteiger partial charge on any atom is 0.190 e. The summed E-state index contributed by atoms with van der Waals surface area (Å²) in [6, 6.07) is 5.47. The van der Waals surface area contributed by atoms with Gasteiger partial charge in [-0.15, -0.1) is 0 Å². The lowest BCUT2D eigenvalue weighted by Crippen LogP contribution is -2.22. The molecule has 0 radical (unpaired) electrons. The number of hydrogen-bond donors (Lipinski definition) is 0. The molecule has 0 spiro atoms. The van der Waals surface area contributed by atoms with E-state index in [1.807, 2.05) is 19.1 Å². The van der Waals surface area contributed by atoms with Crippen molar-refractivity contribution < 1.29 is 9.59 Å². The van der Waals surface area contributed by atoms with Gasteiger partial charge >= 0.3 is 0 Å². The molecule has 0 saturated heterocycles. The van der Waals surface area contributed by atoms with E-state index in [4.69, 9.17) is 0 Å². The van der Waals surface area contributed by atoms with Crippen LogP contribution in [0.3, 0.4) is 0 Å². The molecule has 2 heteroatoms. The van der Waals surface area contributed by atoms with Crippen LogP contribution in [0.1, 0.15) is 53.5 Å². The molecule has 0 fully saturated rings. The van der Waals surface area contributed by atoms with Gasteiger partial charge in [-0.05, 0) is 32.3 Å². The Morgan fingerprint density at radius 2 is 1.67 bits per heavy atom. The molecule has 1 aliphatic carbocycles. The maximum atomic E-state index is 12.5. The first-order chi connectivity index (χ1) is 8.41.